The van der Waals surface area contributed by atoms with Crippen molar-refractivity contribution in [3.05, 3.63) is 73.2 Å². The van der Waals surface area contributed by atoms with Gasteiger partial charge in [0.1, 0.15) is 17.5 Å². The van der Waals surface area contributed by atoms with Crippen LogP contribution in [0.3, 0.4) is 0 Å². The fraction of sp³-hybridized carbons (Fsp3) is 0. The van der Waals surface area contributed by atoms with Gasteiger partial charge in [-0.2, -0.15) is 9.94 Å². The number of nitrogens with one attached hydrogen (secondary N) is 1. The number of aromatic amines is 1. The minimum Gasteiger partial charge on any atom is -0.506 e. The minimum absolute atomic E-state index is 0.0228. The summed E-state index contributed by atoms with van der Waals surface area (Å²) in [4.78, 5) is 29.8. The summed E-state index contributed by atoms with van der Waals surface area (Å²) in [5, 5.41) is 23.3. The summed E-state index contributed by atoms with van der Waals surface area (Å²) in [6, 6.07) is 7.72. The average Bonchev–Trinajstić information content (AvgIpc) is 3.04. The highest BCUT2D eigenvalue weighted by Gasteiger charge is 2.16. The molecule has 3 aromatic heterocycles. The van der Waals surface area contributed by atoms with Gasteiger partial charge in [-0.1, -0.05) is 23.2 Å². The van der Waals surface area contributed by atoms with Crippen LogP contribution in [0.1, 0.15) is 5.69 Å². The summed E-state index contributed by atoms with van der Waals surface area (Å²) >= 11 is 12.8. The molecular weight excluding hydrogens is 407 g/mol. The van der Waals surface area contributed by atoms with Crippen molar-refractivity contribution in [2.75, 3.05) is 0 Å². The third-order valence-corrected chi connectivity index (χ3v) is 4.51. The monoisotopic (exact) mass is 414 g/mol. The van der Waals surface area contributed by atoms with E-state index >= 15 is 0 Å². The number of pyridine rings is 1. The summed E-state index contributed by atoms with van der Waals surface area (Å²) in [7, 11) is 0. The van der Waals surface area contributed by atoms with Crippen molar-refractivity contribution in [1.29, 1.82) is 5.26 Å². The lowest BCUT2D eigenvalue weighted by atomic mass is 10.2. The maximum Gasteiger partial charge on any atom is 0.349 e. The Morgan fingerprint density at radius 3 is 2.57 bits per heavy atom. The highest BCUT2D eigenvalue weighted by atomic mass is 35.5. The Balaban J connectivity index is 1.92. The molecule has 0 saturated heterocycles. The van der Waals surface area contributed by atoms with Crippen molar-refractivity contribution in [3.63, 3.8) is 0 Å². The molecule has 0 radical (unpaired) electrons. The number of rotatable bonds is 2. The SMILES string of the molecule is N#Cc1nn(-c2cc(Cl)c(-n3ccc4cc(O)cnc43)c(Cl)c2)c(=O)[nH]c1=O. The van der Waals surface area contributed by atoms with Crippen molar-refractivity contribution in [2.45, 2.75) is 0 Å². The quantitative estimate of drug-likeness (QED) is 0.516. The molecule has 138 valence electrons. The Labute approximate surface area is 165 Å². The first-order chi connectivity index (χ1) is 13.4. The first kappa shape index (κ1) is 17.8. The van der Waals surface area contributed by atoms with Crippen LogP contribution in [0.2, 0.25) is 10.0 Å². The van der Waals surface area contributed by atoms with Crippen molar-refractivity contribution in [1.82, 2.24) is 24.3 Å². The molecule has 0 spiro atoms. The largest absolute Gasteiger partial charge is 0.506 e. The van der Waals surface area contributed by atoms with E-state index in [2.05, 4.69) is 10.1 Å². The number of hydrogen-bond donors (Lipinski definition) is 2. The van der Waals surface area contributed by atoms with Crippen LogP contribution in [0.4, 0.5) is 0 Å². The Hall–Kier alpha value is -3.61. The number of fused-ring (bicyclic) bond motifs is 1. The fourth-order valence-corrected chi connectivity index (χ4v) is 3.40. The van der Waals surface area contributed by atoms with Gasteiger partial charge in [-0.05, 0) is 24.3 Å². The second-order valence-electron chi connectivity index (χ2n) is 5.68. The molecule has 9 nitrogen and oxygen atoms in total. The normalized spacial score (nSPS) is 10.9. The molecule has 0 bridgehead atoms. The summed E-state index contributed by atoms with van der Waals surface area (Å²) in [6.07, 6.45) is 2.98. The number of halogens is 2. The predicted octanol–water partition coefficient (Wildman–Crippen LogP) is 2.14. The van der Waals surface area contributed by atoms with E-state index in [1.807, 2.05) is 4.98 Å². The molecule has 0 amide bonds. The van der Waals surface area contributed by atoms with Gasteiger partial charge in [0, 0.05) is 11.6 Å². The molecule has 0 unspecified atom stereocenters. The molecule has 0 aliphatic heterocycles. The van der Waals surface area contributed by atoms with Gasteiger partial charge in [-0.15, -0.1) is 5.10 Å². The molecule has 0 saturated carbocycles. The standard InChI is InChI=1S/C17H8Cl2N6O3/c18-11-4-9(25-17(28)22-16(27)13(6-20)23-25)5-12(19)14(11)24-2-1-8-3-10(26)7-21-15(8)24/h1-5,7,26H,(H,22,27,28). The third-order valence-electron chi connectivity index (χ3n) is 3.93. The highest BCUT2D eigenvalue weighted by Crippen LogP contribution is 2.33. The first-order valence-corrected chi connectivity index (χ1v) is 8.44. The van der Waals surface area contributed by atoms with E-state index in [1.165, 1.54) is 18.3 Å². The average molecular weight is 415 g/mol. The smallest absolute Gasteiger partial charge is 0.349 e. The van der Waals surface area contributed by atoms with Crippen LogP contribution >= 0.6 is 23.2 Å². The molecule has 0 atom stereocenters. The maximum absolute atomic E-state index is 12.1. The minimum atomic E-state index is -0.884. The molecule has 3 heterocycles. The lowest BCUT2D eigenvalue weighted by Crippen LogP contribution is -2.33. The zero-order chi connectivity index (χ0) is 20.0. The van der Waals surface area contributed by atoms with E-state index < -0.39 is 16.9 Å². The Kier molecular flexibility index (Phi) is 4.15. The van der Waals surface area contributed by atoms with Crippen LogP contribution in [-0.2, 0) is 0 Å². The maximum atomic E-state index is 12.1. The van der Waals surface area contributed by atoms with Crippen molar-refractivity contribution in [3.8, 4) is 23.2 Å². The molecule has 0 aliphatic carbocycles. The summed E-state index contributed by atoms with van der Waals surface area (Å²) in [5.41, 5.74) is -1.12. The van der Waals surface area contributed by atoms with E-state index in [-0.39, 0.29) is 21.5 Å². The van der Waals surface area contributed by atoms with Gasteiger partial charge in [0.05, 0.1) is 27.6 Å². The molecule has 0 fully saturated rings. The van der Waals surface area contributed by atoms with E-state index in [1.54, 1.807) is 29.0 Å². The van der Waals surface area contributed by atoms with Gasteiger partial charge in [-0.25, -0.2) is 9.78 Å². The Bertz CT molecular complexity index is 1390. The lowest BCUT2D eigenvalue weighted by Gasteiger charge is -2.12. The van der Waals surface area contributed by atoms with Crippen LogP contribution in [0, 0.1) is 11.3 Å². The van der Waals surface area contributed by atoms with Crippen LogP contribution < -0.4 is 11.2 Å². The van der Waals surface area contributed by atoms with Gasteiger partial charge in [0.2, 0.25) is 5.69 Å². The van der Waals surface area contributed by atoms with E-state index in [9.17, 15) is 14.7 Å². The first-order valence-electron chi connectivity index (χ1n) is 7.68. The number of aromatic hydroxyl groups is 1. The van der Waals surface area contributed by atoms with E-state index in [4.69, 9.17) is 28.5 Å². The van der Waals surface area contributed by atoms with Gasteiger partial charge < -0.3 is 5.11 Å². The fourth-order valence-electron chi connectivity index (χ4n) is 2.75. The summed E-state index contributed by atoms with van der Waals surface area (Å²) in [5.74, 6) is 0.0228. The molecule has 11 heteroatoms. The van der Waals surface area contributed by atoms with E-state index in [0.29, 0.717) is 16.7 Å². The number of hydrogen-bond acceptors (Lipinski definition) is 6. The van der Waals surface area contributed by atoms with Gasteiger partial charge in [-0.3, -0.25) is 14.3 Å². The number of benzene rings is 1. The third kappa shape index (κ3) is 2.81. The van der Waals surface area contributed by atoms with Gasteiger partial charge in [0.25, 0.3) is 5.56 Å². The number of aromatic nitrogens is 5. The van der Waals surface area contributed by atoms with Crippen molar-refractivity contribution in [2.24, 2.45) is 0 Å². The zero-order valence-corrected chi connectivity index (χ0v) is 15.2. The van der Waals surface area contributed by atoms with Gasteiger partial charge >= 0.3 is 5.69 Å². The van der Waals surface area contributed by atoms with Crippen LogP contribution in [0.5, 0.6) is 5.75 Å². The number of H-pyrrole nitrogens is 1. The zero-order valence-electron chi connectivity index (χ0n) is 13.7. The Morgan fingerprint density at radius 1 is 1.18 bits per heavy atom. The molecule has 1 aromatic carbocycles. The molecule has 0 aliphatic rings. The molecule has 4 aromatic rings. The highest BCUT2D eigenvalue weighted by molar-refractivity contribution is 6.38. The topological polar surface area (TPSA) is 130 Å². The van der Waals surface area contributed by atoms with Crippen molar-refractivity contribution >= 4 is 34.2 Å². The second-order valence-corrected chi connectivity index (χ2v) is 6.50. The summed E-state index contributed by atoms with van der Waals surface area (Å²) in [6.45, 7) is 0. The van der Waals surface area contributed by atoms with Crippen LogP contribution in [0.15, 0.2) is 46.2 Å². The predicted molar refractivity (Wildman–Crippen MR) is 101 cm³/mol. The molecule has 2 N–H and O–H groups in total. The number of nitriles is 1. The molecule has 28 heavy (non-hydrogen) atoms. The van der Waals surface area contributed by atoms with Gasteiger partial charge in [0.15, 0.2) is 0 Å². The lowest BCUT2D eigenvalue weighted by molar-refractivity contribution is 0.474. The van der Waals surface area contributed by atoms with Crippen molar-refractivity contribution < 1.29 is 5.11 Å². The van der Waals surface area contributed by atoms with E-state index in [0.717, 1.165) is 4.68 Å². The summed E-state index contributed by atoms with van der Waals surface area (Å²) < 4.78 is 2.46. The molecule has 4 rings (SSSR count). The Morgan fingerprint density at radius 2 is 1.89 bits per heavy atom. The van der Waals surface area contributed by atoms with Crippen LogP contribution in [-0.4, -0.2) is 29.4 Å². The molecular formula is C17H8Cl2N6O3. The van der Waals surface area contributed by atoms with Crippen LogP contribution in [0.25, 0.3) is 22.4 Å². The second kappa shape index (κ2) is 6.53. The number of nitrogens with zero attached hydrogens (tertiary/aromatic N) is 5.